The number of rotatable bonds is 5. The average molecular weight is 309 g/mol. The van der Waals surface area contributed by atoms with Gasteiger partial charge in [-0.25, -0.2) is 4.39 Å². The predicted molar refractivity (Wildman–Crippen MR) is 78.5 cm³/mol. The first-order chi connectivity index (χ1) is 10.0. The summed E-state index contributed by atoms with van der Waals surface area (Å²) in [4.78, 5) is 11.5. The molecule has 0 aliphatic rings. The quantitative estimate of drug-likeness (QED) is 0.911. The largest absolute Gasteiger partial charge is 0.496 e. The summed E-state index contributed by atoms with van der Waals surface area (Å²) in [5, 5.41) is 9.83. The molecule has 0 fully saturated rings. The van der Waals surface area contributed by atoms with E-state index in [1.807, 2.05) is 0 Å². The van der Waals surface area contributed by atoms with Crippen molar-refractivity contribution in [3.63, 3.8) is 0 Å². The first kappa shape index (κ1) is 15.3. The van der Waals surface area contributed by atoms with Crippen molar-refractivity contribution in [1.29, 1.82) is 0 Å². The van der Waals surface area contributed by atoms with Crippen molar-refractivity contribution in [2.24, 2.45) is 0 Å². The van der Waals surface area contributed by atoms with E-state index in [0.717, 1.165) is 0 Å². The Morgan fingerprint density at radius 3 is 2.67 bits per heavy atom. The summed E-state index contributed by atoms with van der Waals surface area (Å²) in [6.45, 7) is 0. The Labute approximate surface area is 126 Å². The van der Waals surface area contributed by atoms with Crippen LogP contribution in [0.25, 0.3) is 0 Å². The Hall–Kier alpha value is -2.07. The maximum Gasteiger partial charge on any atom is 0.311 e. The fourth-order valence-electron chi connectivity index (χ4n) is 2.21. The molecule has 0 aliphatic carbocycles. The van der Waals surface area contributed by atoms with Gasteiger partial charge < -0.3 is 9.84 Å². The van der Waals surface area contributed by atoms with Crippen LogP contribution in [0.3, 0.4) is 0 Å². The van der Waals surface area contributed by atoms with Gasteiger partial charge in [-0.1, -0.05) is 29.8 Å². The number of benzene rings is 2. The van der Waals surface area contributed by atoms with Crippen molar-refractivity contribution < 1.29 is 19.0 Å². The highest BCUT2D eigenvalue weighted by Gasteiger charge is 2.24. The number of halogens is 2. The summed E-state index contributed by atoms with van der Waals surface area (Å²) >= 11 is 6.07. The van der Waals surface area contributed by atoms with Crippen molar-refractivity contribution in [1.82, 2.24) is 0 Å². The second-order valence-corrected chi connectivity index (χ2v) is 4.98. The highest BCUT2D eigenvalue weighted by atomic mass is 35.5. The number of hydrogen-bond donors (Lipinski definition) is 1. The van der Waals surface area contributed by atoms with E-state index in [2.05, 4.69) is 0 Å². The smallest absolute Gasteiger partial charge is 0.311 e. The normalized spacial score (nSPS) is 12.0. The van der Waals surface area contributed by atoms with Gasteiger partial charge in [-0.3, -0.25) is 4.79 Å². The molecule has 0 spiro atoms. The van der Waals surface area contributed by atoms with E-state index in [0.29, 0.717) is 21.9 Å². The fourth-order valence-corrected chi connectivity index (χ4v) is 2.48. The lowest BCUT2D eigenvalue weighted by atomic mass is 9.91. The number of aliphatic carboxylic acids is 1. The van der Waals surface area contributed by atoms with E-state index in [1.165, 1.54) is 25.3 Å². The Morgan fingerprint density at radius 2 is 2.05 bits per heavy atom. The van der Waals surface area contributed by atoms with Gasteiger partial charge in [0.2, 0.25) is 0 Å². The highest BCUT2D eigenvalue weighted by molar-refractivity contribution is 6.31. The number of methoxy groups -OCH3 is 1. The summed E-state index contributed by atoms with van der Waals surface area (Å²) in [6, 6.07) is 10.8. The van der Waals surface area contributed by atoms with Gasteiger partial charge in [0.05, 0.1) is 13.0 Å². The number of carboxylic acid groups (broad SMARTS) is 1. The molecule has 0 saturated carbocycles. The van der Waals surface area contributed by atoms with Crippen molar-refractivity contribution in [2.75, 3.05) is 7.11 Å². The first-order valence-corrected chi connectivity index (χ1v) is 6.70. The van der Waals surface area contributed by atoms with Crippen LogP contribution in [0.15, 0.2) is 42.5 Å². The lowest BCUT2D eigenvalue weighted by molar-refractivity contribution is -0.138. The number of carbonyl (C=O) groups is 1. The van der Waals surface area contributed by atoms with E-state index in [4.69, 9.17) is 16.3 Å². The maximum atomic E-state index is 13.4. The zero-order valence-corrected chi connectivity index (χ0v) is 12.1. The molecule has 0 heterocycles. The molecule has 2 aromatic rings. The van der Waals surface area contributed by atoms with Crippen molar-refractivity contribution in [2.45, 2.75) is 12.3 Å². The van der Waals surface area contributed by atoms with E-state index in [1.54, 1.807) is 24.3 Å². The maximum absolute atomic E-state index is 13.4. The molecular formula is C16H14ClFO3. The van der Waals surface area contributed by atoms with Crippen LogP contribution in [0.2, 0.25) is 5.02 Å². The number of carboxylic acids is 1. The standard InChI is InChI=1S/C16H14ClFO3/c1-21-15-7-6-11(18)8-10(15)9-13(16(19)20)12-4-2-3-5-14(12)17/h2-8,13H,9H2,1H3,(H,19,20). The first-order valence-electron chi connectivity index (χ1n) is 6.32. The zero-order valence-electron chi connectivity index (χ0n) is 11.3. The second-order valence-electron chi connectivity index (χ2n) is 4.57. The molecule has 0 bridgehead atoms. The van der Waals surface area contributed by atoms with E-state index in [-0.39, 0.29) is 6.42 Å². The molecule has 1 unspecified atom stereocenters. The molecule has 0 amide bonds. The van der Waals surface area contributed by atoms with Gasteiger partial charge >= 0.3 is 5.97 Å². The van der Waals surface area contributed by atoms with Crippen LogP contribution in [0.5, 0.6) is 5.75 Å². The zero-order chi connectivity index (χ0) is 15.4. The van der Waals surface area contributed by atoms with Gasteiger partial charge in [-0.05, 0) is 41.8 Å². The monoisotopic (exact) mass is 308 g/mol. The van der Waals surface area contributed by atoms with Gasteiger partial charge in [-0.2, -0.15) is 0 Å². The van der Waals surface area contributed by atoms with E-state index < -0.39 is 17.7 Å². The lowest BCUT2D eigenvalue weighted by Crippen LogP contribution is -2.15. The van der Waals surface area contributed by atoms with Crippen LogP contribution in [0.1, 0.15) is 17.0 Å². The second kappa shape index (κ2) is 6.59. The highest BCUT2D eigenvalue weighted by Crippen LogP contribution is 2.31. The summed E-state index contributed by atoms with van der Waals surface area (Å²) in [5.74, 6) is -1.87. The third-order valence-corrected chi connectivity index (χ3v) is 3.59. The van der Waals surface area contributed by atoms with Gasteiger partial charge in [0.15, 0.2) is 0 Å². The molecule has 2 rings (SSSR count). The molecule has 0 radical (unpaired) electrons. The predicted octanol–water partition coefficient (Wildman–Crippen LogP) is 3.90. The molecule has 0 saturated heterocycles. The van der Waals surface area contributed by atoms with Crippen molar-refractivity contribution in [3.8, 4) is 5.75 Å². The lowest BCUT2D eigenvalue weighted by Gasteiger charge is -2.16. The minimum atomic E-state index is -1.02. The van der Waals surface area contributed by atoms with E-state index >= 15 is 0 Å². The van der Waals surface area contributed by atoms with Crippen LogP contribution in [0.4, 0.5) is 4.39 Å². The Kier molecular flexibility index (Phi) is 4.81. The van der Waals surface area contributed by atoms with Crippen LogP contribution < -0.4 is 4.74 Å². The Balaban J connectivity index is 2.40. The molecular weight excluding hydrogens is 295 g/mol. The molecule has 0 aliphatic heterocycles. The van der Waals surface area contributed by atoms with Crippen LogP contribution in [-0.4, -0.2) is 18.2 Å². The molecule has 2 aromatic carbocycles. The minimum Gasteiger partial charge on any atom is -0.496 e. The van der Waals surface area contributed by atoms with E-state index in [9.17, 15) is 14.3 Å². The number of hydrogen-bond acceptors (Lipinski definition) is 2. The third-order valence-electron chi connectivity index (χ3n) is 3.25. The summed E-state index contributed by atoms with van der Waals surface area (Å²) in [7, 11) is 1.46. The molecule has 5 heteroatoms. The van der Waals surface area contributed by atoms with Gasteiger partial charge in [0.25, 0.3) is 0 Å². The minimum absolute atomic E-state index is 0.0972. The summed E-state index contributed by atoms with van der Waals surface area (Å²) in [5.41, 5.74) is 0.989. The molecule has 1 atom stereocenters. The summed E-state index contributed by atoms with van der Waals surface area (Å²) in [6.07, 6.45) is 0.0972. The van der Waals surface area contributed by atoms with Crippen LogP contribution in [0, 0.1) is 5.82 Å². The Bertz CT molecular complexity index is 658. The molecule has 21 heavy (non-hydrogen) atoms. The van der Waals surface area contributed by atoms with Crippen LogP contribution >= 0.6 is 11.6 Å². The van der Waals surface area contributed by atoms with Crippen LogP contribution in [-0.2, 0) is 11.2 Å². The van der Waals surface area contributed by atoms with Crippen molar-refractivity contribution in [3.05, 3.63) is 64.4 Å². The van der Waals surface area contributed by atoms with Gasteiger partial charge in [0.1, 0.15) is 11.6 Å². The molecule has 110 valence electrons. The number of ether oxygens (including phenoxy) is 1. The molecule has 3 nitrogen and oxygen atoms in total. The van der Waals surface area contributed by atoms with Crippen molar-refractivity contribution >= 4 is 17.6 Å². The molecule has 1 N–H and O–H groups in total. The Morgan fingerprint density at radius 1 is 1.33 bits per heavy atom. The SMILES string of the molecule is COc1ccc(F)cc1CC(C(=O)O)c1ccccc1Cl. The molecule has 0 aromatic heterocycles. The topological polar surface area (TPSA) is 46.5 Å². The van der Waals surface area contributed by atoms with Gasteiger partial charge in [-0.15, -0.1) is 0 Å². The summed E-state index contributed by atoms with van der Waals surface area (Å²) < 4.78 is 18.5. The van der Waals surface area contributed by atoms with Gasteiger partial charge in [0, 0.05) is 5.02 Å². The third kappa shape index (κ3) is 3.52. The average Bonchev–Trinajstić information content (AvgIpc) is 2.45. The fraction of sp³-hybridized carbons (Fsp3) is 0.188.